The molecule has 0 radical (unpaired) electrons. The summed E-state index contributed by atoms with van der Waals surface area (Å²) in [6, 6.07) is 0.188. The lowest BCUT2D eigenvalue weighted by Gasteiger charge is -2.40. The Morgan fingerprint density at radius 1 is 1.00 bits per heavy atom. The van der Waals surface area contributed by atoms with E-state index in [-0.39, 0.29) is 17.7 Å². The second-order valence-electron chi connectivity index (χ2n) is 7.91. The van der Waals surface area contributed by atoms with Crippen molar-refractivity contribution in [1.82, 2.24) is 0 Å². The highest BCUT2D eigenvalue weighted by Crippen LogP contribution is 2.38. The summed E-state index contributed by atoms with van der Waals surface area (Å²) in [4.78, 5) is 0. The van der Waals surface area contributed by atoms with Gasteiger partial charge < -0.3 is 15.2 Å². The van der Waals surface area contributed by atoms with Crippen LogP contribution < -0.4 is 5.73 Å². The fourth-order valence-corrected chi connectivity index (χ4v) is 2.68. The number of hydrogen-bond acceptors (Lipinski definition) is 3. The van der Waals surface area contributed by atoms with Gasteiger partial charge in [-0.25, -0.2) is 0 Å². The molecule has 3 unspecified atom stereocenters. The van der Waals surface area contributed by atoms with E-state index < -0.39 is 0 Å². The Hall–Kier alpha value is -0.120. The van der Waals surface area contributed by atoms with Crippen molar-refractivity contribution in [3.8, 4) is 0 Å². The van der Waals surface area contributed by atoms with Gasteiger partial charge >= 0.3 is 0 Å². The first kappa shape index (κ1) is 16.9. The third-order valence-electron chi connectivity index (χ3n) is 4.02. The molecule has 0 aliphatic heterocycles. The smallest absolute Gasteiger partial charge is 0.0729 e. The first-order valence-corrected chi connectivity index (χ1v) is 7.61. The average Bonchev–Trinajstić information content (AvgIpc) is 2.23. The molecule has 3 nitrogen and oxygen atoms in total. The lowest BCUT2D eigenvalue weighted by Crippen LogP contribution is -2.45. The van der Waals surface area contributed by atoms with Crippen molar-refractivity contribution in [3.63, 3.8) is 0 Å². The third kappa shape index (κ3) is 6.24. The Morgan fingerprint density at radius 3 is 2.16 bits per heavy atom. The van der Waals surface area contributed by atoms with Crippen LogP contribution in [0.15, 0.2) is 0 Å². The molecule has 0 aromatic heterocycles. The van der Waals surface area contributed by atoms with E-state index in [1.54, 1.807) is 0 Å². The van der Waals surface area contributed by atoms with Crippen molar-refractivity contribution >= 4 is 0 Å². The molecule has 1 aliphatic carbocycles. The summed E-state index contributed by atoms with van der Waals surface area (Å²) in [5.41, 5.74) is 6.45. The van der Waals surface area contributed by atoms with Crippen molar-refractivity contribution < 1.29 is 9.47 Å². The van der Waals surface area contributed by atoms with Gasteiger partial charge in [0.25, 0.3) is 0 Å². The lowest BCUT2D eigenvalue weighted by atomic mass is 9.70. The van der Waals surface area contributed by atoms with E-state index in [1.165, 1.54) is 6.42 Å². The fraction of sp³-hybridized carbons (Fsp3) is 1.00. The first-order chi connectivity index (χ1) is 8.59. The van der Waals surface area contributed by atoms with Gasteiger partial charge in [0.1, 0.15) is 0 Å². The van der Waals surface area contributed by atoms with E-state index in [0.29, 0.717) is 24.5 Å². The highest BCUT2D eigenvalue weighted by molar-refractivity contribution is 4.88. The van der Waals surface area contributed by atoms with Crippen LogP contribution in [0, 0.1) is 11.3 Å². The SMILES string of the molecule is CC(C)(C)OCCOC1CC(C(C)(C)C)CCC1N. The molecule has 2 N–H and O–H groups in total. The second-order valence-corrected chi connectivity index (χ2v) is 7.91. The summed E-state index contributed by atoms with van der Waals surface area (Å²) in [6.07, 6.45) is 3.58. The molecule has 19 heavy (non-hydrogen) atoms. The maximum absolute atomic E-state index is 6.19. The number of nitrogens with two attached hydrogens (primary N) is 1. The Morgan fingerprint density at radius 2 is 1.63 bits per heavy atom. The number of ether oxygens (including phenoxy) is 2. The van der Waals surface area contributed by atoms with Crippen molar-refractivity contribution in [2.45, 2.75) is 78.6 Å². The summed E-state index contributed by atoms with van der Waals surface area (Å²) >= 11 is 0. The number of rotatable bonds is 4. The summed E-state index contributed by atoms with van der Waals surface area (Å²) in [7, 11) is 0. The van der Waals surface area contributed by atoms with E-state index in [1.807, 2.05) is 0 Å². The van der Waals surface area contributed by atoms with Gasteiger partial charge in [-0.15, -0.1) is 0 Å². The van der Waals surface area contributed by atoms with Gasteiger partial charge in [0.05, 0.1) is 24.9 Å². The van der Waals surface area contributed by atoms with Crippen LogP contribution in [-0.2, 0) is 9.47 Å². The van der Waals surface area contributed by atoms with Crippen molar-refractivity contribution in [2.75, 3.05) is 13.2 Å². The van der Waals surface area contributed by atoms with Gasteiger partial charge in [-0.05, 0) is 51.4 Å². The minimum atomic E-state index is -0.0913. The van der Waals surface area contributed by atoms with Crippen LogP contribution in [0.1, 0.15) is 60.8 Å². The standard InChI is InChI=1S/C16H33NO2/c1-15(2,3)12-7-8-13(17)14(11-12)18-9-10-19-16(4,5)6/h12-14H,7-11,17H2,1-6H3. The monoisotopic (exact) mass is 271 g/mol. The maximum atomic E-state index is 6.19. The molecule has 0 saturated heterocycles. The van der Waals surface area contributed by atoms with Gasteiger partial charge in [-0.1, -0.05) is 20.8 Å². The van der Waals surface area contributed by atoms with Gasteiger partial charge in [0.2, 0.25) is 0 Å². The van der Waals surface area contributed by atoms with E-state index in [2.05, 4.69) is 41.5 Å². The Kier molecular flexibility index (Phi) is 5.84. The molecule has 0 aromatic carbocycles. The molecule has 1 rings (SSSR count). The second kappa shape index (κ2) is 6.55. The van der Waals surface area contributed by atoms with Crippen LogP contribution in [0.3, 0.4) is 0 Å². The highest BCUT2D eigenvalue weighted by Gasteiger charge is 2.34. The van der Waals surface area contributed by atoms with E-state index in [9.17, 15) is 0 Å². The zero-order chi connectivity index (χ0) is 14.7. The zero-order valence-corrected chi connectivity index (χ0v) is 13.7. The van der Waals surface area contributed by atoms with E-state index in [4.69, 9.17) is 15.2 Å². The minimum absolute atomic E-state index is 0.0913. The molecular weight excluding hydrogens is 238 g/mol. The number of hydrogen-bond donors (Lipinski definition) is 1. The molecule has 0 spiro atoms. The van der Waals surface area contributed by atoms with Crippen molar-refractivity contribution in [3.05, 3.63) is 0 Å². The van der Waals surface area contributed by atoms with Gasteiger partial charge in [-0.2, -0.15) is 0 Å². The topological polar surface area (TPSA) is 44.5 Å². The predicted octanol–water partition coefficient (Wildman–Crippen LogP) is 3.36. The van der Waals surface area contributed by atoms with E-state index in [0.717, 1.165) is 12.8 Å². The van der Waals surface area contributed by atoms with Gasteiger partial charge in [0.15, 0.2) is 0 Å². The Balaban J connectivity index is 2.35. The molecule has 3 heteroatoms. The first-order valence-electron chi connectivity index (χ1n) is 7.61. The summed E-state index contributed by atoms with van der Waals surface area (Å²) in [5.74, 6) is 0.709. The quantitative estimate of drug-likeness (QED) is 0.797. The predicted molar refractivity (Wildman–Crippen MR) is 80.2 cm³/mol. The normalized spacial score (nSPS) is 29.5. The van der Waals surface area contributed by atoms with Crippen LogP contribution in [0.4, 0.5) is 0 Å². The van der Waals surface area contributed by atoms with Crippen LogP contribution in [0.2, 0.25) is 0 Å². The van der Waals surface area contributed by atoms with Gasteiger partial charge in [-0.3, -0.25) is 0 Å². The molecular formula is C16H33NO2. The largest absolute Gasteiger partial charge is 0.374 e. The summed E-state index contributed by atoms with van der Waals surface area (Å²) in [6.45, 7) is 14.4. The molecule has 3 atom stereocenters. The molecule has 114 valence electrons. The maximum Gasteiger partial charge on any atom is 0.0729 e. The van der Waals surface area contributed by atoms with Crippen LogP contribution in [-0.4, -0.2) is 31.0 Å². The lowest BCUT2D eigenvalue weighted by molar-refractivity contribution is -0.0720. The average molecular weight is 271 g/mol. The molecule has 1 aliphatic rings. The Labute approximate surface area is 119 Å². The van der Waals surface area contributed by atoms with Crippen LogP contribution in [0.5, 0.6) is 0 Å². The molecule has 1 saturated carbocycles. The van der Waals surface area contributed by atoms with Crippen LogP contribution in [0.25, 0.3) is 0 Å². The third-order valence-corrected chi connectivity index (χ3v) is 4.02. The fourth-order valence-electron chi connectivity index (χ4n) is 2.68. The summed E-state index contributed by atoms with van der Waals surface area (Å²) in [5, 5.41) is 0. The van der Waals surface area contributed by atoms with Crippen molar-refractivity contribution in [2.24, 2.45) is 17.1 Å². The summed E-state index contributed by atoms with van der Waals surface area (Å²) < 4.78 is 11.6. The minimum Gasteiger partial charge on any atom is -0.374 e. The molecule has 1 fully saturated rings. The Bertz CT molecular complexity index is 265. The van der Waals surface area contributed by atoms with Gasteiger partial charge in [0, 0.05) is 6.04 Å². The van der Waals surface area contributed by atoms with Crippen molar-refractivity contribution in [1.29, 1.82) is 0 Å². The molecule has 0 bridgehead atoms. The van der Waals surface area contributed by atoms with E-state index >= 15 is 0 Å². The zero-order valence-electron chi connectivity index (χ0n) is 13.7. The molecule has 0 heterocycles. The highest BCUT2D eigenvalue weighted by atomic mass is 16.5. The molecule has 0 amide bonds. The van der Waals surface area contributed by atoms with Crippen LogP contribution >= 0.6 is 0 Å². The molecule has 0 aromatic rings.